The van der Waals surface area contributed by atoms with Gasteiger partial charge in [0.25, 0.3) is 5.92 Å². The Kier molecular flexibility index (Phi) is 14.6. The Bertz CT molecular complexity index is 1170. The highest BCUT2D eigenvalue weighted by Gasteiger charge is 2.41. The largest absolute Gasteiger partial charge is 0.463 e. The number of aromatic nitrogens is 1. The van der Waals surface area contributed by atoms with Crippen LogP contribution in [0.15, 0.2) is 56.6 Å². The molecule has 1 aromatic heterocycles. The van der Waals surface area contributed by atoms with E-state index in [4.69, 9.17) is 9.84 Å². The fourth-order valence-electron chi connectivity index (χ4n) is 4.20. The number of nitrogens with one attached hydrogen (secondary N) is 1. The van der Waals surface area contributed by atoms with Gasteiger partial charge in [-0.25, -0.2) is 22.9 Å². The van der Waals surface area contributed by atoms with Crippen LogP contribution in [0.25, 0.3) is 0 Å². The van der Waals surface area contributed by atoms with Crippen molar-refractivity contribution in [1.82, 2.24) is 20.1 Å². The van der Waals surface area contributed by atoms with E-state index in [0.717, 1.165) is 17.9 Å². The van der Waals surface area contributed by atoms with Crippen LogP contribution in [0.4, 0.5) is 13.2 Å². The summed E-state index contributed by atoms with van der Waals surface area (Å²) in [6.07, 6.45) is 2.54. The summed E-state index contributed by atoms with van der Waals surface area (Å²) in [5, 5.41) is 12.6. The van der Waals surface area contributed by atoms with E-state index in [-0.39, 0.29) is 44.5 Å². The van der Waals surface area contributed by atoms with E-state index in [2.05, 4.69) is 31.2 Å². The summed E-state index contributed by atoms with van der Waals surface area (Å²) >= 11 is 4.52. The maximum absolute atomic E-state index is 14.3. The number of esters is 1. The van der Waals surface area contributed by atoms with Crippen molar-refractivity contribution in [1.29, 1.82) is 0 Å². The number of thiazole rings is 1. The van der Waals surface area contributed by atoms with Crippen LogP contribution in [-0.2, 0) is 14.3 Å². The number of aliphatic hydroxyl groups is 1. The molecule has 1 fully saturated rings. The van der Waals surface area contributed by atoms with Crippen LogP contribution in [0.5, 0.6) is 0 Å². The van der Waals surface area contributed by atoms with Gasteiger partial charge in [0.2, 0.25) is 0 Å². The first-order valence-corrected chi connectivity index (χ1v) is 14.5. The van der Waals surface area contributed by atoms with Crippen LogP contribution in [0.1, 0.15) is 24.8 Å². The molecule has 2 N–H and O–H groups in total. The SMILES string of the molecule is CCOC(=O)C1=C(CN2CC(F)(F)CCC2CN(C)CC=O)NC(c2nccs2)=NC1.CO.Fc1cccc(Br)c1. The number of alkyl halides is 2. The van der Waals surface area contributed by atoms with Crippen LogP contribution in [0.2, 0.25) is 0 Å². The highest BCUT2D eigenvalue weighted by atomic mass is 79.9. The number of hydrogen-bond acceptors (Lipinski definition) is 10. The Morgan fingerprint density at radius 3 is 2.73 bits per heavy atom. The molecule has 2 aromatic rings. The summed E-state index contributed by atoms with van der Waals surface area (Å²) in [6, 6.07) is 6.08. The van der Waals surface area contributed by atoms with Crippen molar-refractivity contribution >= 4 is 45.4 Å². The number of halogens is 4. The Morgan fingerprint density at radius 1 is 1.39 bits per heavy atom. The van der Waals surface area contributed by atoms with Crippen molar-refractivity contribution < 1.29 is 32.6 Å². The summed E-state index contributed by atoms with van der Waals surface area (Å²) in [5.41, 5.74) is 0.829. The highest BCUT2D eigenvalue weighted by molar-refractivity contribution is 9.10. The summed E-state index contributed by atoms with van der Waals surface area (Å²) in [6.45, 7) is 2.42. The van der Waals surface area contributed by atoms with E-state index >= 15 is 0 Å². The standard InChI is InChI=1S/C20H27F2N5O3S.C6H4BrF.CH4O/c1-3-30-19(29)15-10-24-17(18-23-6-9-31-18)25-16(15)12-27-13-20(21,22)5-4-14(27)11-26(2)7-8-28;7-5-2-1-3-6(8)4-5;1-2/h6,8-9,14H,3-5,7,10-13H2,1-2H3,(H,24,25);1-4H;2H,1H3. The second-order valence-corrected chi connectivity index (χ2v) is 10.9. The molecule has 3 heterocycles. The highest BCUT2D eigenvalue weighted by Crippen LogP contribution is 2.31. The maximum Gasteiger partial charge on any atom is 0.337 e. The normalized spacial score (nSPS) is 18.3. The third-order valence-corrected chi connectivity index (χ3v) is 7.31. The van der Waals surface area contributed by atoms with Crippen molar-refractivity contribution in [3.8, 4) is 0 Å². The molecule has 0 spiro atoms. The minimum absolute atomic E-state index is 0.0933. The number of likely N-dealkylation sites (tertiary alicyclic amines) is 1. The van der Waals surface area contributed by atoms with Crippen LogP contribution in [0, 0.1) is 5.82 Å². The van der Waals surface area contributed by atoms with E-state index in [1.165, 1.54) is 23.5 Å². The van der Waals surface area contributed by atoms with E-state index in [1.54, 1.807) is 37.2 Å². The second kappa shape index (κ2) is 17.3. The summed E-state index contributed by atoms with van der Waals surface area (Å²) < 4.78 is 46.6. The molecule has 1 saturated heterocycles. The molecule has 226 valence electrons. The van der Waals surface area contributed by atoms with Crippen molar-refractivity contribution in [3.05, 3.63) is 62.4 Å². The van der Waals surface area contributed by atoms with Gasteiger partial charge in [0.05, 0.1) is 31.8 Å². The Labute approximate surface area is 250 Å². The van der Waals surface area contributed by atoms with Crippen molar-refractivity contribution in [2.24, 2.45) is 4.99 Å². The lowest BCUT2D eigenvalue weighted by molar-refractivity contribution is -0.138. The number of aliphatic hydroxyl groups excluding tert-OH is 1. The molecule has 14 heteroatoms. The molecule has 4 rings (SSSR count). The first kappa shape index (κ1) is 34.6. The average Bonchev–Trinajstić information content (AvgIpc) is 3.47. The molecule has 9 nitrogen and oxygen atoms in total. The molecule has 41 heavy (non-hydrogen) atoms. The molecular weight excluding hydrogens is 627 g/mol. The van der Waals surface area contributed by atoms with Gasteiger partial charge in [-0.2, -0.15) is 0 Å². The molecule has 1 atom stereocenters. The van der Waals surface area contributed by atoms with E-state index in [0.29, 0.717) is 35.1 Å². The number of likely N-dealkylation sites (N-methyl/N-ethyl adjacent to an activating group) is 1. The number of amidine groups is 1. The van der Waals surface area contributed by atoms with Gasteiger partial charge in [-0.05, 0) is 38.6 Å². The minimum Gasteiger partial charge on any atom is -0.463 e. The molecule has 0 aliphatic carbocycles. The van der Waals surface area contributed by atoms with Crippen LogP contribution < -0.4 is 5.32 Å². The minimum atomic E-state index is -2.81. The number of benzene rings is 1. The molecule has 1 aromatic carbocycles. The third kappa shape index (κ3) is 11.3. The number of nitrogens with zero attached hydrogens (tertiary/aromatic N) is 4. The number of carbonyl (C=O) groups excluding carboxylic acids is 2. The van der Waals surface area contributed by atoms with Crippen molar-refractivity contribution in [2.45, 2.75) is 31.7 Å². The van der Waals surface area contributed by atoms with E-state index < -0.39 is 18.4 Å². The van der Waals surface area contributed by atoms with Crippen LogP contribution >= 0.6 is 27.3 Å². The van der Waals surface area contributed by atoms with Gasteiger partial charge in [-0.1, -0.05) is 22.0 Å². The number of carbonyl (C=O) groups is 2. The Balaban J connectivity index is 0.000000500. The first-order valence-electron chi connectivity index (χ1n) is 12.8. The lowest BCUT2D eigenvalue weighted by Gasteiger charge is -2.41. The molecule has 1 unspecified atom stereocenters. The predicted molar refractivity (Wildman–Crippen MR) is 156 cm³/mol. The molecular formula is C27H35BrF3N5O4S. The number of aliphatic imine (C=N–C) groups is 1. The van der Waals surface area contributed by atoms with Crippen molar-refractivity contribution in [2.75, 3.05) is 53.5 Å². The lowest BCUT2D eigenvalue weighted by atomic mass is 9.98. The van der Waals surface area contributed by atoms with Crippen LogP contribution in [-0.4, -0.2) is 103 Å². The number of aldehydes is 1. The van der Waals surface area contributed by atoms with Gasteiger partial charge in [0.1, 0.15) is 12.1 Å². The molecule has 0 bridgehead atoms. The fourth-order valence-corrected chi connectivity index (χ4v) is 5.17. The van der Waals surface area contributed by atoms with Gasteiger partial charge >= 0.3 is 5.97 Å². The van der Waals surface area contributed by atoms with Crippen LogP contribution in [0.3, 0.4) is 0 Å². The molecule has 0 radical (unpaired) electrons. The molecule has 2 aliphatic rings. The van der Waals surface area contributed by atoms with Gasteiger partial charge < -0.3 is 20.0 Å². The Hall–Kier alpha value is -2.65. The number of rotatable bonds is 9. The fraction of sp³-hybridized carbons (Fsp3) is 0.481. The second-order valence-electron chi connectivity index (χ2n) is 9.09. The number of piperidine rings is 1. The molecule has 0 saturated carbocycles. The number of ether oxygens (including phenoxy) is 1. The monoisotopic (exact) mass is 661 g/mol. The topological polar surface area (TPSA) is 107 Å². The smallest absolute Gasteiger partial charge is 0.337 e. The molecule has 0 amide bonds. The summed E-state index contributed by atoms with van der Waals surface area (Å²) in [5.74, 6) is -3.02. The van der Waals surface area contributed by atoms with Crippen molar-refractivity contribution in [3.63, 3.8) is 0 Å². The van der Waals surface area contributed by atoms with Gasteiger partial charge in [-0.3, -0.25) is 14.8 Å². The summed E-state index contributed by atoms with van der Waals surface area (Å²) in [4.78, 5) is 35.5. The predicted octanol–water partition coefficient (Wildman–Crippen LogP) is 3.74. The maximum atomic E-state index is 14.3. The zero-order valence-corrected chi connectivity index (χ0v) is 25.6. The zero-order chi connectivity index (χ0) is 30.4. The average molecular weight is 663 g/mol. The summed E-state index contributed by atoms with van der Waals surface area (Å²) in [7, 11) is 2.79. The third-order valence-electron chi connectivity index (χ3n) is 6.04. The lowest BCUT2D eigenvalue weighted by Crippen LogP contribution is -2.54. The van der Waals surface area contributed by atoms with E-state index in [1.807, 2.05) is 10.3 Å². The quantitative estimate of drug-likeness (QED) is 0.309. The molecule has 2 aliphatic heterocycles. The van der Waals surface area contributed by atoms with Gasteiger partial charge in [0.15, 0.2) is 10.8 Å². The zero-order valence-electron chi connectivity index (χ0n) is 23.2. The van der Waals surface area contributed by atoms with Gasteiger partial charge in [0, 0.05) is 54.4 Å². The van der Waals surface area contributed by atoms with E-state index in [9.17, 15) is 22.8 Å². The number of hydrogen-bond donors (Lipinski definition) is 2. The Morgan fingerprint density at radius 2 is 2.15 bits per heavy atom. The first-order chi connectivity index (χ1) is 19.6. The van der Waals surface area contributed by atoms with Gasteiger partial charge in [-0.15, -0.1) is 11.3 Å².